The van der Waals surface area contributed by atoms with Gasteiger partial charge in [-0.2, -0.15) is 10.2 Å². The lowest BCUT2D eigenvalue weighted by Gasteiger charge is -2.10. The van der Waals surface area contributed by atoms with E-state index in [2.05, 4.69) is 20.8 Å². The average Bonchev–Trinajstić information content (AvgIpc) is 3.29. The first-order chi connectivity index (χ1) is 15.4. The molecule has 0 amide bonds. The second kappa shape index (κ2) is 9.27. The third-order valence-electron chi connectivity index (χ3n) is 4.99. The van der Waals surface area contributed by atoms with Crippen LogP contribution < -0.4 is 10.6 Å². The minimum absolute atomic E-state index is 0.266. The molecule has 0 saturated carbocycles. The second-order valence-electron chi connectivity index (χ2n) is 7.47. The normalized spacial score (nSPS) is 10.9. The first-order valence-corrected chi connectivity index (χ1v) is 10.4. The lowest BCUT2D eigenvalue weighted by atomic mass is 10.2. The number of halogens is 2. The molecular weight excluding hydrogens is 430 g/mol. The van der Waals surface area contributed by atoms with E-state index in [0.29, 0.717) is 18.2 Å². The average molecular weight is 453 g/mol. The highest BCUT2D eigenvalue weighted by Gasteiger charge is 2.14. The van der Waals surface area contributed by atoms with Gasteiger partial charge in [-0.05, 0) is 61.5 Å². The van der Waals surface area contributed by atoms with Crippen molar-refractivity contribution >= 4 is 28.7 Å². The largest absolute Gasteiger partial charge is 0.330 e. The summed E-state index contributed by atoms with van der Waals surface area (Å²) in [4.78, 5) is 0. The van der Waals surface area contributed by atoms with Gasteiger partial charge in [0.05, 0.1) is 42.0 Å². The van der Waals surface area contributed by atoms with Crippen molar-refractivity contribution in [3.8, 4) is 0 Å². The Morgan fingerprint density at radius 1 is 0.969 bits per heavy atom. The van der Waals surface area contributed by atoms with E-state index in [1.54, 1.807) is 29.1 Å². The van der Waals surface area contributed by atoms with Crippen LogP contribution in [0, 0.1) is 25.5 Å². The number of hydrogen-bond acceptors (Lipinski definition) is 3. The third kappa shape index (κ3) is 5.17. The molecule has 0 unspecified atom stereocenters. The summed E-state index contributed by atoms with van der Waals surface area (Å²) in [5.74, 6) is -0.537. The fraction of sp³-hybridized carbons (Fsp3) is 0.174. The molecule has 2 heterocycles. The van der Waals surface area contributed by atoms with E-state index in [-0.39, 0.29) is 11.6 Å². The van der Waals surface area contributed by atoms with E-state index in [0.717, 1.165) is 33.9 Å². The van der Waals surface area contributed by atoms with Crippen molar-refractivity contribution in [2.75, 3.05) is 10.6 Å². The maximum absolute atomic E-state index is 13.5. The van der Waals surface area contributed by atoms with Crippen molar-refractivity contribution in [1.82, 2.24) is 19.6 Å². The molecule has 0 spiro atoms. The third-order valence-corrected chi connectivity index (χ3v) is 5.19. The second-order valence-corrected chi connectivity index (χ2v) is 7.87. The van der Waals surface area contributed by atoms with Crippen molar-refractivity contribution < 1.29 is 8.78 Å². The van der Waals surface area contributed by atoms with Gasteiger partial charge in [-0.3, -0.25) is 9.36 Å². The Morgan fingerprint density at radius 3 is 2.50 bits per heavy atom. The summed E-state index contributed by atoms with van der Waals surface area (Å²) in [5, 5.41) is 15.6. The van der Waals surface area contributed by atoms with Crippen LogP contribution in [0.5, 0.6) is 0 Å². The summed E-state index contributed by atoms with van der Waals surface area (Å²) in [6.45, 7) is 4.81. The van der Waals surface area contributed by atoms with Crippen LogP contribution in [0.2, 0.25) is 0 Å². The molecule has 0 bridgehead atoms. The number of rotatable bonds is 6. The molecule has 4 rings (SSSR count). The van der Waals surface area contributed by atoms with Gasteiger partial charge < -0.3 is 10.6 Å². The molecule has 0 atom stereocenters. The smallest absolute Gasteiger partial charge is 0.175 e. The van der Waals surface area contributed by atoms with Crippen LogP contribution >= 0.6 is 12.2 Å². The zero-order valence-electron chi connectivity index (χ0n) is 17.6. The van der Waals surface area contributed by atoms with Crippen molar-refractivity contribution in [3.05, 3.63) is 95.1 Å². The minimum atomic E-state index is -0.271. The highest BCUT2D eigenvalue weighted by molar-refractivity contribution is 7.80. The molecule has 164 valence electrons. The number of nitrogens with one attached hydrogen (secondary N) is 2. The highest BCUT2D eigenvalue weighted by Crippen LogP contribution is 2.21. The van der Waals surface area contributed by atoms with Gasteiger partial charge in [-0.15, -0.1) is 0 Å². The van der Waals surface area contributed by atoms with Gasteiger partial charge in [-0.25, -0.2) is 8.78 Å². The van der Waals surface area contributed by atoms with Crippen LogP contribution in [0.15, 0.2) is 60.9 Å². The summed E-state index contributed by atoms with van der Waals surface area (Å²) in [6.07, 6.45) is 3.50. The molecule has 32 heavy (non-hydrogen) atoms. The Bertz CT molecular complexity index is 1250. The summed E-state index contributed by atoms with van der Waals surface area (Å²) in [6, 6.07) is 12.8. The number of aromatic nitrogens is 4. The SMILES string of the molecule is Cc1nn(Cc2cccc(F)c2)c(C)c1NC(=S)Nc1cnn(Cc2ccc(F)cc2)c1. The molecule has 9 heteroatoms. The van der Waals surface area contributed by atoms with E-state index in [9.17, 15) is 8.78 Å². The van der Waals surface area contributed by atoms with E-state index < -0.39 is 0 Å². The lowest BCUT2D eigenvalue weighted by Crippen LogP contribution is -2.19. The van der Waals surface area contributed by atoms with Gasteiger partial charge in [0, 0.05) is 6.20 Å². The molecule has 0 fully saturated rings. The van der Waals surface area contributed by atoms with Crippen LogP contribution in [-0.4, -0.2) is 24.7 Å². The molecule has 2 aromatic carbocycles. The van der Waals surface area contributed by atoms with E-state index in [1.165, 1.54) is 24.3 Å². The monoisotopic (exact) mass is 452 g/mol. The number of anilines is 2. The first kappa shape index (κ1) is 21.6. The predicted octanol–water partition coefficient (Wildman–Crippen LogP) is 4.88. The molecule has 2 aromatic heterocycles. The van der Waals surface area contributed by atoms with Gasteiger partial charge in [0.2, 0.25) is 0 Å². The molecule has 0 aliphatic carbocycles. The standard InChI is InChI=1S/C23H22F2N6S/c1-15-22(16(2)31(29-15)13-18-4-3-5-20(25)10-18)28-23(32)27-21-11-26-30(14-21)12-17-6-8-19(24)9-7-17/h3-11,14H,12-13H2,1-2H3,(H2,27,28,32). The fourth-order valence-electron chi connectivity index (χ4n) is 3.41. The van der Waals surface area contributed by atoms with Crippen molar-refractivity contribution in [1.29, 1.82) is 0 Å². The Labute approximate surface area is 189 Å². The molecule has 0 saturated heterocycles. The highest BCUT2D eigenvalue weighted by atomic mass is 32.1. The van der Waals surface area contributed by atoms with Gasteiger partial charge in [0.1, 0.15) is 11.6 Å². The quantitative estimate of drug-likeness (QED) is 0.409. The molecule has 4 aromatic rings. The number of thiocarbonyl (C=S) groups is 1. The van der Waals surface area contributed by atoms with Crippen LogP contribution in [0.25, 0.3) is 0 Å². The topological polar surface area (TPSA) is 59.7 Å². The molecule has 2 N–H and O–H groups in total. The number of aryl methyl sites for hydroxylation is 1. The molecule has 6 nitrogen and oxygen atoms in total. The number of benzene rings is 2. The van der Waals surface area contributed by atoms with Crippen molar-refractivity contribution in [3.63, 3.8) is 0 Å². The van der Waals surface area contributed by atoms with E-state index in [1.807, 2.05) is 30.8 Å². The fourth-order valence-corrected chi connectivity index (χ4v) is 3.63. The van der Waals surface area contributed by atoms with Crippen molar-refractivity contribution in [2.45, 2.75) is 26.9 Å². The Morgan fingerprint density at radius 2 is 1.75 bits per heavy atom. The summed E-state index contributed by atoms with van der Waals surface area (Å²) < 4.78 is 30.1. The van der Waals surface area contributed by atoms with Gasteiger partial charge in [0.15, 0.2) is 5.11 Å². The van der Waals surface area contributed by atoms with Crippen LogP contribution in [0.4, 0.5) is 20.2 Å². The molecular formula is C23H22F2N6S. The Balaban J connectivity index is 1.39. The van der Waals surface area contributed by atoms with Crippen LogP contribution in [0.1, 0.15) is 22.5 Å². The first-order valence-electron chi connectivity index (χ1n) is 10.0. The zero-order chi connectivity index (χ0) is 22.7. The maximum atomic E-state index is 13.5. The molecule has 0 radical (unpaired) electrons. The van der Waals surface area contributed by atoms with Gasteiger partial charge in [-0.1, -0.05) is 24.3 Å². The van der Waals surface area contributed by atoms with E-state index >= 15 is 0 Å². The predicted molar refractivity (Wildman–Crippen MR) is 125 cm³/mol. The van der Waals surface area contributed by atoms with Gasteiger partial charge >= 0.3 is 0 Å². The number of nitrogens with zero attached hydrogens (tertiary/aromatic N) is 4. The summed E-state index contributed by atoms with van der Waals surface area (Å²) in [5.41, 5.74) is 4.98. The summed E-state index contributed by atoms with van der Waals surface area (Å²) in [7, 11) is 0. The van der Waals surface area contributed by atoms with Crippen LogP contribution in [-0.2, 0) is 13.1 Å². The minimum Gasteiger partial charge on any atom is -0.330 e. The van der Waals surface area contributed by atoms with E-state index in [4.69, 9.17) is 12.2 Å². The molecule has 0 aliphatic rings. The molecule has 0 aliphatic heterocycles. The van der Waals surface area contributed by atoms with Crippen LogP contribution in [0.3, 0.4) is 0 Å². The number of hydrogen-bond donors (Lipinski definition) is 2. The lowest BCUT2D eigenvalue weighted by molar-refractivity contribution is 0.616. The Hall–Kier alpha value is -3.59. The van der Waals surface area contributed by atoms with Crippen molar-refractivity contribution in [2.24, 2.45) is 0 Å². The van der Waals surface area contributed by atoms with Gasteiger partial charge in [0.25, 0.3) is 0 Å². The maximum Gasteiger partial charge on any atom is 0.175 e. The summed E-state index contributed by atoms with van der Waals surface area (Å²) >= 11 is 5.46. The zero-order valence-corrected chi connectivity index (χ0v) is 18.5. The Kier molecular flexibility index (Phi) is 6.27.